The number of piperidine rings is 1. The Balaban J connectivity index is 1.53. The Morgan fingerprint density at radius 1 is 1.28 bits per heavy atom. The van der Waals surface area contributed by atoms with Gasteiger partial charge in [0.25, 0.3) is 5.91 Å². The van der Waals surface area contributed by atoms with E-state index in [1.165, 1.54) is 6.26 Å². The Hall–Kier alpha value is -2.48. The quantitative estimate of drug-likeness (QED) is 0.688. The van der Waals surface area contributed by atoms with Crippen LogP contribution in [0.5, 0.6) is 0 Å². The number of nitrogens with zero attached hydrogens (tertiary/aromatic N) is 2. The number of nitrogens with one attached hydrogen (secondary N) is 2. The van der Waals surface area contributed by atoms with Crippen molar-refractivity contribution in [1.29, 1.82) is 0 Å². The van der Waals surface area contributed by atoms with E-state index in [0.717, 1.165) is 43.2 Å². The van der Waals surface area contributed by atoms with Crippen LogP contribution in [0.4, 0.5) is 5.82 Å². The molecule has 2 aromatic heterocycles. The molecule has 0 aliphatic carbocycles. The molecule has 1 atom stereocenters. The number of aryl methyl sites for hydroxylation is 1. The molecule has 2 aromatic rings. The number of carbonyl (C=O) groups is 2. The van der Waals surface area contributed by atoms with Gasteiger partial charge in [-0.15, -0.1) is 0 Å². The zero-order valence-corrected chi connectivity index (χ0v) is 17.7. The molecule has 1 saturated heterocycles. The van der Waals surface area contributed by atoms with Crippen molar-refractivity contribution in [2.45, 2.75) is 38.3 Å². The highest BCUT2D eigenvalue weighted by molar-refractivity contribution is 7.98. The Kier molecular flexibility index (Phi) is 7.57. The van der Waals surface area contributed by atoms with Crippen LogP contribution < -0.4 is 15.5 Å². The lowest BCUT2D eigenvalue weighted by Gasteiger charge is -2.34. The number of anilines is 1. The molecule has 3 rings (SSSR count). The molecule has 2 amide bonds. The van der Waals surface area contributed by atoms with E-state index in [1.807, 2.05) is 31.4 Å². The third kappa shape index (κ3) is 6.00. The van der Waals surface area contributed by atoms with E-state index < -0.39 is 6.04 Å². The summed E-state index contributed by atoms with van der Waals surface area (Å²) in [5.41, 5.74) is 1.00. The minimum Gasteiger partial charge on any atom is -0.459 e. The SMILES string of the molecule is CSCCC(NC(=O)c1ccco1)C(=O)NC1CCN(c2cccc(C)n2)CC1. The summed E-state index contributed by atoms with van der Waals surface area (Å²) in [4.78, 5) is 32.0. The second-order valence-corrected chi connectivity index (χ2v) is 8.18. The maximum Gasteiger partial charge on any atom is 0.287 e. The van der Waals surface area contributed by atoms with Crippen LogP contribution in [-0.2, 0) is 4.79 Å². The zero-order chi connectivity index (χ0) is 20.6. The highest BCUT2D eigenvalue weighted by Crippen LogP contribution is 2.18. The van der Waals surface area contributed by atoms with Gasteiger partial charge in [-0.2, -0.15) is 11.8 Å². The molecule has 1 unspecified atom stereocenters. The van der Waals surface area contributed by atoms with Crippen LogP contribution in [0.2, 0.25) is 0 Å². The molecular formula is C21H28N4O3S. The number of hydrogen-bond acceptors (Lipinski definition) is 6. The zero-order valence-electron chi connectivity index (χ0n) is 16.9. The van der Waals surface area contributed by atoms with E-state index in [4.69, 9.17) is 4.42 Å². The van der Waals surface area contributed by atoms with Crippen molar-refractivity contribution in [3.05, 3.63) is 48.0 Å². The first-order valence-electron chi connectivity index (χ1n) is 9.89. The number of amides is 2. The summed E-state index contributed by atoms with van der Waals surface area (Å²) < 4.78 is 5.13. The first-order chi connectivity index (χ1) is 14.1. The molecular weight excluding hydrogens is 388 g/mol. The average Bonchev–Trinajstić information content (AvgIpc) is 3.26. The van der Waals surface area contributed by atoms with Crippen molar-refractivity contribution in [1.82, 2.24) is 15.6 Å². The topological polar surface area (TPSA) is 87.5 Å². The highest BCUT2D eigenvalue weighted by Gasteiger charge is 2.27. The number of hydrogen-bond donors (Lipinski definition) is 2. The van der Waals surface area contributed by atoms with Gasteiger partial charge in [0.1, 0.15) is 11.9 Å². The molecule has 1 aliphatic heterocycles. The molecule has 0 bridgehead atoms. The fraction of sp³-hybridized carbons (Fsp3) is 0.476. The van der Waals surface area contributed by atoms with Gasteiger partial charge < -0.3 is 20.0 Å². The number of aromatic nitrogens is 1. The Labute approximate surface area is 175 Å². The number of pyridine rings is 1. The van der Waals surface area contributed by atoms with Crippen molar-refractivity contribution >= 4 is 29.4 Å². The molecule has 1 fully saturated rings. The minimum atomic E-state index is -0.573. The normalized spacial score (nSPS) is 15.7. The average molecular weight is 417 g/mol. The van der Waals surface area contributed by atoms with Gasteiger partial charge in [-0.3, -0.25) is 9.59 Å². The van der Waals surface area contributed by atoms with Crippen LogP contribution in [-0.4, -0.2) is 54.0 Å². The number of furan rings is 1. The third-order valence-electron chi connectivity index (χ3n) is 5.02. The molecule has 0 saturated carbocycles. The van der Waals surface area contributed by atoms with Gasteiger partial charge in [0.05, 0.1) is 6.26 Å². The van der Waals surface area contributed by atoms with Crippen LogP contribution >= 0.6 is 11.8 Å². The number of thioether (sulfide) groups is 1. The first-order valence-corrected chi connectivity index (χ1v) is 11.3. The van der Waals surface area contributed by atoms with Crippen LogP contribution in [0.3, 0.4) is 0 Å². The predicted octanol–water partition coefficient (Wildman–Crippen LogP) is 2.62. The van der Waals surface area contributed by atoms with Crippen LogP contribution in [0.15, 0.2) is 41.0 Å². The smallest absolute Gasteiger partial charge is 0.287 e. The summed E-state index contributed by atoms with van der Waals surface area (Å²) in [6.45, 7) is 3.67. The van der Waals surface area contributed by atoms with Gasteiger partial charge in [0.2, 0.25) is 5.91 Å². The van der Waals surface area contributed by atoms with E-state index >= 15 is 0 Å². The molecule has 0 aromatic carbocycles. The largest absolute Gasteiger partial charge is 0.459 e. The van der Waals surface area contributed by atoms with Gasteiger partial charge in [-0.05, 0) is 62.5 Å². The van der Waals surface area contributed by atoms with Gasteiger partial charge >= 0.3 is 0 Å². The maximum absolute atomic E-state index is 12.8. The summed E-state index contributed by atoms with van der Waals surface area (Å²) in [6, 6.07) is 8.80. The number of rotatable bonds is 8. The minimum absolute atomic E-state index is 0.0980. The fourth-order valence-corrected chi connectivity index (χ4v) is 3.87. The third-order valence-corrected chi connectivity index (χ3v) is 5.66. The fourth-order valence-electron chi connectivity index (χ4n) is 3.40. The molecule has 7 nitrogen and oxygen atoms in total. The predicted molar refractivity (Wildman–Crippen MR) is 115 cm³/mol. The van der Waals surface area contributed by atoms with Crippen molar-refractivity contribution < 1.29 is 14.0 Å². The highest BCUT2D eigenvalue weighted by atomic mass is 32.2. The van der Waals surface area contributed by atoms with Gasteiger partial charge in [0, 0.05) is 24.8 Å². The van der Waals surface area contributed by atoms with E-state index in [1.54, 1.807) is 23.9 Å². The molecule has 3 heterocycles. The van der Waals surface area contributed by atoms with Crippen LogP contribution in [0, 0.1) is 6.92 Å². The monoisotopic (exact) mass is 416 g/mol. The second kappa shape index (κ2) is 10.3. The maximum atomic E-state index is 12.8. The van der Waals surface area contributed by atoms with Gasteiger partial charge in [-0.1, -0.05) is 6.07 Å². The van der Waals surface area contributed by atoms with E-state index in [-0.39, 0.29) is 23.6 Å². The molecule has 156 valence electrons. The lowest BCUT2D eigenvalue weighted by Crippen LogP contribution is -2.52. The summed E-state index contributed by atoms with van der Waals surface area (Å²) in [5, 5.41) is 5.93. The molecule has 1 aliphatic rings. The molecule has 2 N–H and O–H groups in total. The van der Waals surface area contributed by atoms with Crippen molar-refractivity contribution in [2.24, 2.45) is 0 Å². The Morgan fingerprint density at radius 2 is 2.07 bits per heavy atom. The Bertz CT molecular complexity index is 804. The van der Waals surface area contributed by atoms with Gasteiger partial charge in [0.15, 0.2) is 5.76 Å². The summed E-state index contributed by atoms with van der Waals surface area (Å²) >= 11 is 1.65. The standard InChI is InChI=1S/C21H28N4O3S/c1-15-5-3-7-19(22-15)25-11-8-16(9-12-25)23-20(26)17(10-14-29-2)24-21(27)18-6-4-13-28-18/h3-7,13,16-17H,8-12,14H2,1-2H3,(H,23,26)(H,24,27). The van der Waals surface area contributed by atoms with Crippen molar-refractivity contribution in [3.63, 3.8) is 0 Å². The van der Waals surface area contributed by atoms with E-state index in [2.05, 4.69) is 20.5 Å². The molecule has 29 heavy (non-hydrogen) atoms. The molecule has 0 spiro atoms. The lowest BCUT2D eigenvalue weighted by molar-refractivity contribution is -0.123. The van der Waals surface area contributed by atoms with Crippen molar-refractivity contribution in [3.8, 4) is 0 Å². The lowest BCUT2D eigenvalue weighted by atomic mass is 10.0. The van der Waals surface area contributed by atoms with Crippen molar-refractivity contribution in [2.75, 3.05) is 30.0 Å². The van der Waals surface area contributed by atoms with Crippen LogP contribution in [0.25, 0.3) is 0 Å². The Morgan fingerprint density at radius 3 is 2.72 bits per heavy atom. The van der Waals surface area contributed by atoms with E-state index in [9.17, 15) is 9.59 Å². The van der Waals surface area contributed by atoms with Crippen LogP contribution in [0.1, 0.15) is 35.5 Å². The summed E-state index contributed by atoms with van der Waals surface area (Å²) in [7, 11) is 0. The second-order valence-electron chi connectivity index (χ2n) is 7.19. The van der Waals surface area contributed by atoms with E-state index in [0.29, 0.717) is 6.42 Å². The molecule has 0 radical (unpaired) electrons. The van der Waals surface area contributed by atoms with Gasteiger partial charge in [-0.25, -0.2) is 4.98 Å². The first kappa shape index (κ1) is 21.2. The summed E-state index contributed by atoms with van der Waals surface area (Å²) in [6.07, 6.45) is 5.71. The summed E-state index contributed by atoms with van der Waals surface area (Å²) in [5.74, 6) is 1.49. The number of carbonyl (C=O) groups excluding carboxylic acids is 2. The molecule has 8 heteroatoms.